The lowest BCUT2D eigenvalue weighted by Gasteiger charge is -2.19. The molecule has 0 radical (unpaired) electrons. The fourth-order valence-corrected chi connectivity index (χ4v) is 3.18. The molecule has 0 saturated carbocycles. The maximum Gasteiger partial charge on any atom is 0.354 e. The molecule has 5 heteroatoms. The van der Waals surface area contributed by atoms with Crippen LogP contribution in [-0.2, 0) is 4.74 Å². The third-order valence-corrected chi connectivity index (χ3v) is 4.48. The van der Waals surface area contributed by atoms with Crippen LogP contribution in [0, 0.1) is 0 Å². The Bertz CT molecular complexity index is 680. The number of hydrogen-bond donors (Lipinski definition) is 1. The molecule has 0 aliphatic carbocycles. The number of carbonyl (C=O) groups is 1. The molecule has 1 aromatic carbocycles. The minimum atomic E-state index is -0.324. The fraction of sp³-hybridized carbons (Fsp3) is 0.500. The molecule has 3 rings (SSSR count). The van der Waals surface area contributed by atoms with E-state index in [4.69, 9.17) is 9.47 Å². The first kappa shape index (κ1) is 15.9. The summed E-state index contributed by atoms with van der Waals surface area (Å²) in [6.07, 6.45) is 3.60. The van der Waals surface area contributed by atoms with Crippen LogP contribution in [0.5, 0.6) is 5.75 Å². The minimum absolute atomic E-state index is 0.324. The maximum atomic E-state index is 11.8. The average Bonchev–Trinajstić information content (AvgIpc) is 3.13. The highest BCUT2D eigenvalue weighted by atomic mass is 16.5. The SMILES string of the molecule is CCOC(=O)c1cc2cc(OCCC3CCCN3C)ccc2[nH]1. The van der Waals surface area contributed by atoms with E-state index in [0.29, 0.717) is 18.3 Å². The smallest absolute Gasteiger partial charge is 0.354 e. The molecule has 1 saturated heterocycles. The number of likely N-dealkylation sites (tertiary alicyclic amines) is 1. The van der Waals surface area contributed by atoms with E-state index in [9.17, 15) is 4.79 Å². The van der Waals surface area contributed by atoms with Crippen molar-refractivity contribution in [2.24, 2.45) is 0 Å². The number of ether oxygens (including phenoxy) is 2. The molecular formula is C18H24N2O3. The summed E-state index contributed by atoms with van der Waals surface area (Å²) < 4.78 is 10.9. The number of nitrogens with zero attached hydrogens (tertiary/aromatic N) is 1. The molecule has 1 fully saturated rings. The van der Waals surface area contributed by atoms with Gasteiger partial charge in [-0.15, -0.1) is 0 Å². The van der Waals surface area contributed by atoms with Gasteiger partial charge in [0.2, 0.25) is 0 Å². The third-order valence-electron chi connectivity index (χ3n) is 4.48. The Hall–Kier alpha value is -2.01. The van der Waals surface area contributed by atoms with E-state index in [2.05, 4.69) is 16.9 Å². The van der Waals surface area contributed by atoms with Gasteiger partial charge in [0.25, 0.3) is 0 Å². The van der Waals surface area contributed by atoms with Crippen LogP contribution in [-0.4, -0.2) is 48.7 Å². The van der Waals surface area contributed by atoms with Crippen molar-refractivity contribution in [3.8, 4) is 5.75 Å². The number of H-pyrrole nitrogens is 1. The van der Waals surface area contributed by atoms with Gasteiger partial charge >= 0.3 is 5.97 Å². The van der Waals surface area contributed by atoms with Gasteiger partial charge in [0.15, 0.2) is 0 Å². The summed E-state index contributed by atoms with van der Waals surface area (Å²) in [5, 5.41) is 0.962. The van der Waals surface area contributed by atoms with E-state index in [0.717, 1.165) is 29.7 Å². The second kappa shape index (κ2) is 7.04. The van der Waals surface area contributed by atoms with Gasteiger partial charge in [-0.25, -0.2) is 4.79 Å². The van der Waals surface area contributed by atoms with Crippen LogP contribution in [0.15, 0.2) is 24.3 Å². The third kappa shape index (κ3) is 3.67. The van der Waals surface area contributed by atoms with E-state index in [1.54, 1.807) is 6.92 Å². The van der Waals surface area contributed by atoms with Gasteiger partial charge in [-0.2, -0.15) is 0 Å². The second-order valence-electron chi connectivity index (χ2n) is 6.07. The Kier molecular flexibility index (Phi) is 4.86. The lowest BCUT2D eigenvalue weighted by atomic mass is 10.1. The zero-order valence-corrected chi connectivity index (χ0v) is 13.8. The molecule has 0 bridgehead atoms. The van der Waals surface area contributed by atoms with E-state index in [-0.39, 0.29) is 5.97 Å². The molecule has 124 valence electrons. The van der Waals surface area contributed by atoms with Crippen molar-refractivity contribution in [3.63, 3.8) is 0 Å². The summed E-state index contributed by atoms with van der Waals surface area (Å²) in [7, 11) is 2.18. The van der Waals surface area contributed by atoms with Crippen molar-refractivity contribution < 1.29 is 14.3 Å². The van der Waals surface area contributed by atoms with Gasteiger partial charge in [0.1, 0.15) is 11.4 Å². The van der Waals surface area contributed by atoms with Gasteiger partial charge in [-0.1, -0.05) is 0 Å². The maximum absolute atomic E-state index is 11.8. The van der Waals surface area contributed by atoms with Gasteiger partial charge in [-0.3, -0.25) is 0 Å². The van der Waals surface area contributed by atoms with E-state index < -0.39 is 0 Å². The normalized spacial score (nSPS) is 18.4. The van der Waals surface area contributed by atoms with Crippen molar-refractivity contribution >= 4 is 16.9 Å². The number of rotatable bonds is 6. The Balaban J connectivity index is 1.62. The molecule has 1 unspecified atom stereocenters. The lowest BCUT2D eigenvalue weighted by molar-refractivity contribution is 0.0520. The van der Waals surface area contributed by atoms with Crippen LogP contribution in [0.25, 0.3) is 10.9 Å². The van der Waals surface area contributed by atoms with Gasteiger partial charge < -0.3 is 19.4 Å². The van der Waals surface area contributed by atoms with Crippen LogP contribution in [0.3, 0.4) is 0 Å². The molecule has 1 aliphatic heterocycles. The summed E-state index contributed by atoms with van der Waals surface area (Å²) in [4.78, 5) is 17.2. The molecule has 1 atom stereocenters. The summed E-state index contributed by atoms with van der Waals surface area (Å²) in [5.74, 6) is 0.517. The summed E-state index contributed by atoms with van der Waals surface area (Å²) in [5.41, 5.74) is 1.39. The Morgan fingerprint density at radius 1 is 1.39 bits per heavy atom. The zero-order chi connectivity index (χ0) is 16.2. The van der Waals surface area contributed by atoms with Crippen LogP contribution >= 0.6 is 0 Å². The first-order valence-corrected chi connectivity index (χ1v) is 8.30. The number of nitrogens with one attached hydrogen (secondary N) is 1. The molecule has 2 aromatic rings. The van der Waals surface area contributed by atoms with Crippen LogP contribution in [0.2, 0.25) is 0 Å². The quantitative estimate of drug-likeness (QED) is 0.832. The Morgan fingerprint density at radius 3 is 3.00 bits per heavy atom. The number of fused-ring (bicyclic) bond motifs is 1. The van der Waals surface area contributed by atoms with Gasteiger partial charge in [0, 0.05) is 16.9 Å². The average molecular weight is 316 g/mol. The number of aromatic amines is 1. The molecule has 2 heterocycles. The van der Waals surface area contributed by atoms with Crippen LogP contribution < -0.4 is 4.74 Å². The molecule has 5 nitrogen and oxygen atoms in total. The number of carbonyl (C=O) groups excluding carboxylic acids is 1. The van der Waals surface area contributed by atoms with Gasteiger partial charge in [-0.05, 0) is 64.0 Å². The molecular weight excluding hydrogens is 292 g/mol. The highest BCUT2D eigenvalue weighted by Gasteiger charge is 2.20. The monoisotopic (exact) mass is 316 g/mol. The number of hydrogen-bond acceptors (Lipinski definition) is 4. The Morgan fingerprint density at radius 2 is 2.26 bits per heavy atom. The summed E-state index contributed by atoms with van der Waals surface area (Å²) in [6.45, 7) is 4.08. The zero-order valence-electron chi connectivity index (χ0n) is 13.8. The standard InChI is InChI=1S/C18H24N2O3/c1-3-22-18(21)17-12-13-11-15(6-7-16(13)19-17)23-10-8-14-5-4-9-20(14)2/h6-7,11-12,14,19H,3-5,8-10H2,1-2H3. The Labute approximate surface area is 136 Å². The van der Waals surface area contributed by atoms with Crippen molar-refractivity contribution in [3.05, 3.63) is 30.0 Å². The number of esters is 1. The second-order valence-corrected chi connectivity index (χ2v) is 6.07. The predicted octanol–water partition coefficient (Wildman–Crippen LogP) is 3.21. The molecule has 23 heavy (non-hydrogen) atoms. The topological polar surface area (TPSA) is 54.6 Å². The van der Waals surface area contributed by atoms with E-state index in [1.807, 2.05) is 24.3 Å². The van der Waals surface area contributed by atoms with Gasteiger partial charge in [0.05, 0.1) is 13.2 Å². The molecule has 0 amide bonds. The minimum Gasteiger partial charge on any atom is -0.494 e. The van der Waals surface area contributed by atoms with Crippen LogP contribution in [0.4, 0.5) is 0 Å². The molecule has 1 N–H and O–H groups in total. The molecule has 1 aromatic heterocycles. The highest BCUT2D eigenvalue weighted by molar-refractivity contribution is 5.95. The van der Waals surface area contributed by atoms with Crippen molar-refractivity contribution in [2.75, 3.05) is 26.8 Å². The van der Waals surface area contributed by atoms with E-state index >= 15 is 0 Å². The van der Waals surface area contributed by atoms with Crippen LogP contribution in [0.1, 0.15) is 36.7 Å². The lowest BCUT2D eigenvalue weighted by Crippen LogP contribution is -2.26. The summed E-state index contributed by atoms with van der Waals surface area (Å²) in [6, 6.07) is 8.29. The van der Waals surface area contributed by atoms with Crippen molar-refractivity contribution in [2.45, 2.75) is 32.2 Å². The first-order chi connectivity index (χ1) is 11.2. The summed E-state index contributed by atoms with van der Waals surface area (Å²) >= 11 is 0. The fourth-order valence-electron chi connectivity index (χ4n) is 3.18. The highest BCUT2D eigenvalue weighted by Crippen LogP contribution is 2.23. The van der Waals surface area contributed by atoms with E-state index in [1.165, 1.54) is 19.4 Å². The first-order valence-electron chi connectivity index (χ1n) is 8.30. The van der Waals surface area contributed by atoms with Crippen molar-refractivity contribution in [1.29, 1.82) is 0 Å². The molecule has 1 aliphatic rings. The largest absolute Gasteiger partial charge is 0.494 e. The molecule has 0 spiro atoms. The predicted molar refractivity (Wildman–Crippen MR) is 90.0 cm³/mol. The number of benzene rings is 1. The van der Waals surface area contributed by atoms with Crippen molar-refractivity contribution in [1.82, 2.24) is 9.88 Å². The number of aromatic nitrogens is 1.